The van der Waals surface area contributed by atoms with E-state index in [1.165, 1.54) is 0 Å². The first-order chi connectivity index (χ1) is 13.1. The van der Waals surface area contributed by atoms with Crippen molar-refractivity contribution in [3.8, 4) is 0 Å². The molecular formula is C20H27N3O4. The van der Waals surface area contributed by atoms with E-state index in [2.05, 4.69) is 16.0 Å². The first kappa shape index (κ1) is 19.4. The predicted octanol–water partition coefficient (Wildman–Crippen LogP) is 1.84. The summed E-state index contributed by atoms with van der Waals surface area (Å²) in [7, 11) is 0. The van der Waals surface area contributed by atoms with Crippen LogP contribution < -0.4 is 16.0 Å². The summed E-state index contributed by atoms with van der Waals surface area (Å²) < 4.78 is 5.30. The van der Waals surface area contributed by atoms with Gasteiger partial charge < -0.3 is 20.7 Å². The monoisotopic (exact) mass is 373 g/mol. The van der Waals surface area contributed by atoms with Crippen molar-refractivity contribution < 1.29 is 19.1 Å². The van der Waals surface area contributed by atoms with Gasteiger partial charge in [0.1, 0.15) is 6.10 Å². The first-order valence-electron chi connectivity index (χ1n) is 9.72. The lowest BCUT2D eigenvalue weighted by molar-refractivity contribution is -0.130. The maximum absolute atomic E-state index is 12.2. The maximum atomic E-state index is 12.2. The highest BCUT2D eigenvalue weighted by Gasteiger charge is 2.23. The first-order valence-corrected chi connectivity index (χ1v) is 9.72. The van der Waals surface area contributed by atoms with Gasteiger partial charge in [0.25, 0.3) is 5.91 Å². The molecule has 7 heteroatoms. The van der Waals surface area contributed by atoms with Gasteiger partial charge in [-0.25, -0.2) is 0 Å². The minimum absolute atomic E-state index is 0.0617. The Morgan fingerprint density at radius 3 is 2.26 bits per heavy atom. The molecule has 27 heavy (non-hydrogen) atoms. The zero-order chi connectivity index (χ0) is 19.1. The molecule has 1 saturated carbocycles. The number of rotatable bonds is 7. The molecule has 1 aliphatic heterocycles. The lowest BCUT2D eigenvalue weighted by Crippen LogP contribution is -2.39. The van der Waals surface area contributed by atoms with Crippen molar-refractivity contribution in [1.82, 2.24) is 10.6 Å². The van der Waals surface area contributed by atoms with Gasteiger partial charge in [-0.3, -0.25) is 14.4 Å². The molecule has 0 aromatic heterocycles. The molecule has 1 heterocycles. The molecule has 3 amide bonds. The van der Waals surface area contributed by atoms with E-state index < -0.39 is 0 Å². The van der Waals surface area contributed by atoms with Crippen molar-refractivity contribution in [2.24, 2.45) is 5.92 Å². The van der Waals surface area contributed by atoms with Crippen molar-refractivity contribution in [1.29, 1.82) is 0 Å². The zero-order valence-corrected chi connectivity index (χ0v) is 15.5. The van der Waals surface area contributed by atoms with Crippen LogP contribution in [0.4, 0.5) is 5.69 Å². The fourth-order valence-electron chi connectivity index (χ4n) is 3.50. The third-order valence-corrected chi connectivity index (χ3v) is 5.07. The highest BCUT2D eigenvalue weighted by molar-refractivity contribution is 5.96. The normalized spacial score (nSPS) is 19.6. The fourth-order valence-corrected chi connectivity index (χ4v) is 3.50. The zero-order valence-electron chi connectivity index (χ0n) is 15.5. The topological polar surface area (TPSA) is 96.5 Å². The van der Waals surface area contributed by atoms with Crippen molar-refractivity contribution in [3.05, 3.63) is 29.8 Å². The molecule has 2 fully saturated rings. The molecule has 0 spiro atoms. The van der Waals surface area contributed by atoms with Gasteiger partial charge in [-0.15, -0.1) is 0 Å². The second kappa shape index (κ2) is 9.50. The van der Waals surface area contributed by atoms with E-state index >= 15 is 0 Å². The molecule has 7 nitrogen and oxygen atoms in total. The van der Waals surface area contributed by atoms with Crippen LogP contribution in [0.15, 0.2) is 24.3 Å². The number of ether oxygens (including phenoxy) is 1. The van der Waals surface area contributed by atoms with E-state index in [0.717, 1.165) is 38.5 Å². The molecule has 1 atom stereocenters. The van der Waals surface area contributed by atoms with Gasteiger partial charge in [0, 0.05) is 36.9 Å². The summed E-state index contributed by atoms with van der Waals surface area (Å²) in [6.45, 7) is 1.34. The Morgan fingerprint density at radius 2 is 1.59 bits per heavy atom. The molecule has 1 aromatic rings. The average molecular weight is 373 g/mol. The summed E-state index contributed by atoms with van der Waals surface area (Å²) in [5.41, 5.74) is 1.21. The van der Waals surface area contributed by atoms with Crippen LogP contribution in [-0.4, -0.2) is 43.5 Å². The number of anilines is 1. The van der Waals surface area contributed by atoms with Crippen LogP contribution in [0.3, 0.4) is 0 Å². The number of carbonyl (C=O) groups is 3. The minimum atomic E-state index is -0.354. The SMILES string of the molecule is O=C(NCCNC(=O)C1CCCO1)c1ccc(NC(=O)C2CCCC2)cc1. The van der Waals surface area contributed by atoms with E-state index in [1.54, 1.807) is 24.3 Å². The van der Waals surface area contributed by atoms with E-state index in [1.807, 2.05) is 0 Å². The van der Waals surface area contributed by atoms with Gasteiger partial charge in [-0.2, -0.15) is 0 Å². The van der Waals surface area contributed by atoms with E-state index in [-0.39, 0.29) is 29.7 Å². The number of amides is 3. The molecule has 3 N–H and O–H groups in total. The lowest BCUT2D eigenvalue weighted by atomic mass is 10.1. The van der Waals surface area contributed by atoms with Crippen LogP contribution >= 0.6 is 0 Å². The van der Waals surface area contributed by atoms with Crippen LogP contribution in [0.2, 0.25) is 0 Å². The molecule has 2 aliphatic rings. The second-order valence-electron chi connectivity index (χ2n) is 7.10. The van der Waals surface area contributed by atoms with Crippen molar-refractivity contribution in [2.45, 2.75) is 44.6 Å². The smallest absolute Gasteiger partial charge is 0.251 e. The van der Waals surface area contributed by atoms with Crippen molar-refractivity contribution >= 4 is 23.4 Å². The Bertz CT molecular complexity index is 662. The van der Waals surface area contributed by atoms with E-state index in [0.29, 0.717) is 30.9 Å². The van der Waals surface area contributed by atoms with Gasteiger partial charge in [0.05, 0.1) is 0 Å². The van der Waals surface area contributed by atoms with Crippen molar-refractivity contribution in [2.75, 3.05) is 25.0 Å². The second-order valence-corrected chi connectivity index (χ2v) is 7.10. The van der Waals surface area contributed by atoms with E-state index in [9.17, 15) is 14.4 Å². The molecule has 0 bridgehead atoms. The largest absolute Gasteiger partial charge is 0.368 e. The molecule has 0 radical (unpaired) electrons. The third-order valence-electron chi connectivity index (χ3n) is 5.07. The minimum Gasteiger partial charge on any atom is -0.368 e. The summed E-state index contributed by atoms with van der Waals surface area (Å²) >= 11 is 0. The van der Waals surface area contributed by atoms with Gasteiger partial charge in [-0.05, 0) is 49.9 Å². The number of benzene rings is 1. The lowest BCUT2D eigenvalue weighted by Gasteiger charge is -2.12. The predicted molar refractivity (Wildman–Crippen MR) is 101 cm³/mol. The van der Waals surface area contributed by atoms with Crippen LogP contribution in [0.1, 0.15) is 48.9 Å². The van der Waals surface area contributed by atoms with Gasteiger partial charge in [0.15, 0.2) is 0 Å². The molecule has 3 rings (SSSR count). The Labute approximate surface area is 159 Å². The maximum Gasteiger partial charge on any atom is 0.251 e. The fraction of sp³-hybridized carbons (Fsp3) is 0.550. The van der Waals surface area contributed by atoms with Crippen LogP contribution in [-0.2, 0) is 14.3 Å². The summed E-state index contributed by atoms with van der Waals surface area (Å²) in [6.07, 6.45) is 5.45. The van der Waals surface area contributed by atoms with Crippen molar-refractivity contribution in [3.63, 3.8) is 0 Å². The van der Waals surface area contributed by atoms with Gasteiger partial charge in [-0.1, -0.05) is 12.8 Å². The summed E-state index contributed by atoms with van der Waals surface area (Å²) in [6, 6.07) is 6.84. The Morgan fingerprint density at radius 1 is 0.889 bits per heavy atom. The summed E-state index contributed by atoms with van der Waals surface area (Å²) in [5, 5.41) is 8.44. The highest BCUT2D eigenvalue weighted by atomic mass is 16.5. The van der Waals surface area contributed by atoms with Gasteiger partial charge >= 0.3 is 0 Å². The number of nitrogens with one attached hydrogen (secondary N) is 3. The highest BCUT2D eigenvalue weighted by Crippen LogP contribution is 2.26. The standard InChI is InChI=1S/C20H27N3O4/c24-18(21-11-12-22-20(26)17-6-3-13-27-17)15-7-9-16(10-8-15)23-19(25)14-4-1-2-5-14/h7-10,14,17H,1-6,11-13H2,(H,21,24)(H,22,26)(H,23,25). The number of carbonyl (C=O) groups excluding carboxylic acids is 3. The summed E-state index contributed by atoms with van der Waals surface area (Å²) in [4.78, 5) is 36.1. The number of hydrogen-bond donors (Lipinski definition) is 3. The molecule has 1 aliphatic carbocycles. The third kappa shape index (κ3) is 5.53. The quantitative estimate of drug-likeness (QED) is 0.636. The Kier molecular flexibility index (Phi) is 6.81. The van der Waals surface area contributed by atoms with Gasteiger partial charge in [0.2, 0.25) is 11.8 Å². The van der Waals surface area contributed by atoms with Crippen LogP contribution in [0, 0.1) is 5.92 Å². The average Bonchev–Trinajstić information content (AvgIpc) is 3.39. The molecule has 146 valence electrons. The summed E-state index contributed by atoms with van der Waals surface area (Å²) in [5.74, 6) is -0.163. The molecular weight excluding hydrogens is 346 g/mol. The van der Waals surface area contributed by atoms with Crippen LogP contribution in [0.25, 0.3) is 0 Å². The Balaban J connectivity index is 1.38. The Hall–Kier alpha value is -2.41. The number of hydrogen-bond acceptors (Lipinski definition) is 4. The van der Waals surface area contributed by atoms with E-state index in [4.69, 9.17) is 4.74 Å². The molecule has 1 saturated heterocycles. The molecule has 1 aromatic carbocycles. The van der Waals surface area contributed by atoms with Crippen LogP contribution in [0.5, 0.6) is 0 Å². The molecule has 1 unspecified atom stereocenters.